The molecule has 1 amide bonds. The fourth-order valence-electron chi connectivity index (χ4n) is 4.14. The molecule has 0 radical (unpaired) electrons. The van der Waals surface area contributed by atoms with Crippen molar-refractivity contribution < 1.29 is 9.32 Å². The van der Waals surface area contributed by atoms with E-state index in [4.69, 9.17) is 4.52 Å². The van der Waals surface area contributed by atoms with Crippen molar-refractivity contribution in [1.82, 2.24) is 15.0 Å². The maximum absolute atomic E-state index is 12.9. The lowest BCUT2D eigenvalue weighted by atomic mass is 9.88. The molecule has 1 saturated heterocycles. The van der Waals surface area contributed by atoms with Gasteiger partial charge in [-0.1, -0.05) is 48.2 Å². The van der Waals surface area contributed by atoms with E-state index in [-0.39, 0.29) is 17.9 Å². The Hall–Kier alpha value is -2.17. The molecule has 1 aliphatic carbocycles. The van der Waals surface area contributed by atoms with Crippen molar-refractivity contribution in [2.45, 2.75) is 57.9 Å². The normalized spacial score (nSPS) is 21.6. The third kappa shape index (κ3) is 3.32. The van der Waals surface area contributed by atoms with Crippen molar-refractivity contribution in [1.29, 1.82) is 0 Å². The number of hydrogen-bond acceptors (Lipinski definition) is 4. The molecule has 1 aromatic carbocycles. The first-order valence-corrected chi connectivity index (χ1v) is 9.43. The second-order valence-electron chi connectivity index (χ2n) is 7.35. The van der Waals surface area contributed by atoms with Crippen LogP contribution in [0.2, 0.25) is 0 Å². The van der Waals surface area contributed by atoms with E-state index >= 15 is 0 Å². The van der Waals surface area contributed by atoms with Crippen LogP contribution < -0.4 is 0 Å². The zero-order valence-corrected chi connectivity index (χ0v) is 14.8. The number of benzene rings is 1. The Morgan fingerprint density at radius 2 is 2.00 bits per heavy atom. The van der Waals surface area contributed by atoms with Crippen molar-refractivity contribution in [2.24, 2.45) is 5.92 Å². The molecule has 1 atom stereocenters. The number of likely N-dealkylation sites (tertiary alicyclic amines) is 1. The summed E-state index contributed by atoms with van der Waals surface area (Å²) in [6.07, 6.45) is 7.58. The zero-order valence-electron chi connectivity index (χ0n) is 14.8. The van der Waals surface area contributed by atoms with E-state index in [0.29, 0.717) is 11.7 Å². The molecule has 5 heteroatoms. The van der Waals surface area contributed by atoms with Crippen LogP contribution >= 0.6 is 0 Å². The molecule has 1 aliphatic heterocycles. The maximum atomic E-state index is 12.9. The summed E-state index contributed by atoms with van der Waals surface area (Å²) in [6.45, 7) is 2.86. The number of rotatable bonds is 3. The number of aryl methyl sites for hydroxylation is 1. The lowest BCUT2D eigenvalue weighted by Gasteiger charge is -2.29. The molecule has 1 saturated carbocycles. The van der Waals surface area contributed by atoms with Gasteiger partial charge in [-0.25, -0.2) is 0 Å². The number of carbonyl (C=O) groups is 1. The van der Waals surface area contributed by atoms with Gasteiger partial charge in [-0.15, -0.1) is 0 Å². The molecule has 5 nitrogen and oxygen atoms in total. The Morgan fingerprint density at radius 1 is 1.16 bits per heavy atom. The fourth-order valence-corrected chi connectivity index (χ4v) is 4.14. The largest absolute Gasteiger partial charge is 0.337 e. The summed E-state index contributed by atoms with van der Waals surface area (Å²) >= 11 is 0. The molecule has 1 aromatic heterocycles. The van der Waals surface area contributed by atoms with Gasteiger partial charge >= 0.3 is 0 Å². The lowest BCUT2D eigenvalue weighted by Crippen LogP contribution is -2.36. The fraction of sp³-hybridized carbons (Fsp3) is 0.550. The van der Waals surface area contributed by atoms with E-state index in [0.717, 1.165) is 37.8 Å². The van der Waals surface area contributed by atoms with Crippen LogP contribution in [0.3, 0.4) is 0 Å². The van der Waals surface area contributed by atoms with Crippen LogP contribution in [0.4, 0.5) is 0 Å². The summed E-state index contributed by atoms with van der Waals surface area (Å²) in [5.74, 6) is 1.67. The molecule has 2 fully saturated rings. The van der Waals surface area contributed by atoms with Crippen molar-refractivity contribution in [3.8, 4) is 11.4 Å². The van der Waals surface area contributed by atoms with Crippen molar-refractivity contribution in [2.75, 3.05) is 6.54 Å². The van der Waals surface area contributed by atoms with E-state index in [1.54, 1.807) is 0 Å². The number of nitrogens with zero attached hydrogens (tertiary/aromatic N) is 3. The van der Waals surface area contributed by atoms with Crippen LogP contribution in [0, 0.1) is 12.8 Å². The van der Waals surface area contributed by atoms with Gasteiger partial charge in [0.2, 0.25) is 17.6 Å². The summed E-state index contributed by atoms with van der Waals surface area (Å²) in [6, 6.07) is 8.02. The van der Waals surface area contributed by atoms with Crippen LogP contribution in [0.5, 0.6) is 0 Å². The third-order valence-corrected chi connectivity index (χ3v) is 5.49. The Kier molecular flexibility index (Phi) is 4.55. The first-order valence-electron chi connectivity index (χ1n) is 9.43. The SMILES string of the molecule is Cc1cccc(-c2noc([C@@H]3CCCN3C(=O)C3CCCCC3)n2)c1. The maximum Gasteiger partial charge on any atom is 0.249 e. The molecule has 0 bridgehead atoms. The highest BCUT2D eigenvalue weighted by atomic mass is 16.5. The molecule has 25 heavy (non-hydrogen) atoms. The summed E-state index contributed by atoms with van der Waals surface area (Å²) in [5, 5.41) is 4.15. The van der Waals surface area contributed by atoms with E-state index in [9.17, 15) is 4.79 Å². The minimum atomic E-state index is -0.0551. The van der Waals surface area contributed by atoms with Crippen LogP contribution in [0.1, 0.15) is 62.4 Å². The Morgan fingerprint density at radius 3 is 2.80 bits per heavy atom. The molecule has 0 spiro atoms. The summed E-state index contributed by atoms with van der Waals surface area (Å²) in [7, 11) is 0. The van der Waals surface area contributed by atoms with Gasteiger partial charge in [0.15, 0.2) is 0 Å². The zero-order chi connectivity index (χ0) is 17.2. The summed E-state index contributed by atoms with van der Waals surface area (Å²) in [5.41, 5.74) is 2.12. The van der Waals surface area contributed by atoms with Gasteiger partial charge in [-0.3, -0.25) is 4.79 Å². The quantitative estimate of drug-likeness (QED) is 0.837. The number of carbonyl (C=O) groups excluding carboxylic acids is 1. The molecule has 4 rings (SSSR count). The monoisotopic (exact) mass is 339 g/mol. The van der Waals surface area contributed by atoms with Crippen molar-refractivity contribution in [3.05, 3.63) is 35.7 Å². The molecule has 2 aliphatic rings. The summed E-state index contributed by atoms with van der Waals surface area (Å²) in [4.78, 5) is 19.5. The van der Waals surface area contributed by atoms with Crippen LogP contribution in [-0.4, -0.2) is 27.5 Å². The average molecular weight is 339 g/mol. The van der Waals surface area contributed by atoms with Crippen molar-refractivity contribution in [3.63, 3.8) is 0 Å². The summed E-state index contributed by atoms with van der Waals surface area (Å²) < 4.78 is 5.56. The first kappa shape index (κ1) is 16.3. The lowest BCUT2D eigenvalue weighted by molar-refractivity contribution is -0.138. The first-order chi connectivity index (χ1) is 12.2. The van der Waals surface area contributed by atoms with E-state index in [2.05, 4.69) is 10.1 Å². The minimum absolute atomic E-state index is 0.0551. The van der Waals surface area contributed by atoms with E-state index < -0.39 is 0 Å². The Labute approximate surface area is 148 Å². The van der Waals surface area contributed by atoms with Gasteiger partial charge in [-0.05, 0) is 38.7 Å². The second-order valence-corrected chi connectivity index (χ2v) is 7.35. The highest BCUT2D eigenvalue weighted by molar-refractivity contribution is 5.79. The third-order valence-electron chi connectivity index (χ3n) is 5.49. The van der Waals surface area contributed by atoms with Gasteiger partial charge < -0.3 is 9.42 Å². The predicted molar refractivity (Wildman–Crippen MR) is 94.7 cm³/mol. The molecule has 132 valence electrons. The second kappa shape index (κ2) is 6.98. The highest BCUT2D eigenvalue weighted by Gasteiger charge is 2.37. The van der Waals surface area contributed by atoms with Gasteiger partial charge in [0.05, 0.1) is 0 Å². The molecular formula is C20H25N3O2. The van der Waals surface area contributed by atoms with Gasteiger partial charge in [0.1, 0.15) is 6.04 Å². The molecule has 2 heterocycles. The Bertz CT molecular complexity index is 749. The standard InChI is InChI=1S/C20H25N3O2/c1-14-7-5-10-16(13-14)18-21-19(25-22-18)17-11-6-12-23(17)20(24)15-8-3-2-4-9-15/h5,7,10,13,15,17H,2-4,6,8-9,11-12H2,1H3/t17-/m0/s1. The van der Waals surface area contributed by atoms with E-state index in [1.165, 1.54) is 24.8 Å². The van der Waals surface area contributed by atoms with Gasteiger partial charge in [0.25, 0.3) is 0 Å². The average Bonchev–Trinajstić information content (AvgIpc) is 3.31. The van der Waals surface area contributed by atoms with Gasteiger partial charge in [-0.2, -0.15) is 4.98 Å². The number of aromatic nitrogens is 2. The van der Waals surface area contributed by atoms with Crippen molar-refractivity contribution >= 4 is 5.91 Å². The van der Waals surface area contributed by atoms with Crippen LogP contribution in [0.15, 0.2) is 28.8 Å². The molecule has 0 N–H and O–H groups in total. The minimum Gasteiger partial charge on any atom is -0.337 e. The molecule has 2 aromatic rings. The van der Waals surface area contributed by atoms with E-state index in [1.807, 2.05) is 36.1 Å². The Balaban J connectivity index is 1.53. The molecule has 0 unspecified atom stereocenters. The van der Waals surface area contributed by atoms with Crippen LogP contribution in [0.25, 0.3) is 11.4 Å². The topological polar surface area (TPSA) is 59.2 Å². The molecular weight excluding hydrogens is 314 g/mol. The number of amides is 1. The van der Waals surface area contributed by atoms with Crippen LogP contribution in [-0.2, 0) is 4.79 Å². The number of hydrogen-bond donors (Lipinski definition) is 0. The van der Waals surface area contributed by atoms with Gasteiger partial charge in [0, 0.05) is 18.0 Å². The smallest absolute Gasteiger partial charge is 0.249 e. The predicted octanol–water partition coefficient (Wildman–Crippen LogP) is 4.29. The highest BCUT2D eigenvalue weighted by Crippen LogP contribution is 2.35.